The summed E-state index contributed by atoms with van der Waals surface area (Å²) in [6.45, 7) is -1.21. The Labute approximate surface area is 83.6 Å². The molecule has 4 nitrogen and oxygen atoms in total. The van der Waals surface area contributed by atoms with E-state index < -0.39 is 25.4 Å². The third kappa shape index (κ3) is 5.66. The summed E-state index contributed by atoms with van der Waals surface area (Å²) in [5, 5.41) is 25.0. The van der Waals surface area contributed by atoms with E-state index in [2.05, 4.69) is 0 Å². The molecule has 0 atom stereocenters. The summed E-state index contributed by atoms with van der Waals surface area (Å²) >= 11 is 0. The maximum atomic E-state index is 8.34. The molecule has 80 valence electrons. The van der Waals surface area contributed by atoms with Crippen LogP contribution in [0.1, 0.15) is 0 Å². The number of hydrogen-bond donors (Lipinski definition) is 4. The van der Waals surface area contributed by atoms with Crippen molar-refractivity contribution >= 4 is 0 Å². The molecular weight excluding hydrogens is 182 g/mol. The van der Waals surface area contributed by atoms with Gasteiger partial charge >= 0.3 is 0 Å². The molecule has 4 heteroatoms. The summed E-state index contributed by atoms with van der Waals surface area (Å²) < 4.78 is 0. The molecule has 0 unspecified atom stereocenters. The van der Waals surface area contributed by atoms with Gasteiger partial charge in [-0.2, -0.15) is 0 Å². The minimum absolute atomic E-state index is 0.403. The van der Waals surface area contributed by atoms with Crippen molar-refractivity contribution in [1.82, 2.24) is 0 Å². The highest BCUT2D eigenvalue weighted by Gasteiger charge is 2.20. The number of nitrogens with two attached hydrogens (primary N) is 1. The predicted molar refractivity (Wildman–Crippen MR) is 54.6 cm³/mol. The van der Waals surface area contributed by atoms with Crippen molar-refractivity contribution in [2.75, 3.05) is 19.8 Å². The summed E-state index contributed by atoms with van der Waals surface area (Å²) in [6.07, 6.45) is 0. The van der Waals surface area contributed by atoms with Crippen LogP contribution in [0.4, 0.5) is 0 Å². The third-order valence-electron chi connectivity index (χ3n) is 1.61. The lowest BCUT2D eigenvalue weighted by molar-refractivity contribution is 0.0698. The van der Waals surface area contributed by atoms with Gasteiger partial charge in [-0.05, 0) is 0 Å². The second kappa shape index (κ2) is 7.46. The molecule has 0 aliphatic rings. The summed E-state index contributed by atoms with van der Waals surface area (Å²) in [7, 11) is 0. The van der Waals surface area contributed by atoms with E-state index >= 15 is 0 Å². The number of hydrogen-bond acceptors (Lipinski definition) is 4. The van der Waals surface area contributed by atoms with Crippen molar-refractivity contribution < 1.29 is 15.3 Å². The fraction of sp³-hybridized carbons (Fsp3) is 0.400. The predicted octanol–water partition coefficient (Wildman–Crippen LogP) is -0.653. The monoisotopic (exact) mass is 199 g/mol. The van der Waals surface area contributed by atoms with Gasteiger partial charge in [0, 0.05) is 0 Å². The van der Waals surface area contributed by atoms with Crippen molar-refractivity contribution in [3.63, 3.8) is 0 Å². The van der Waals surface area contributed by atoms with Gasteiger partial charge in [-0.1, -0.05) is 36.4 Å². The van der Waals surface area contributed by atoms with Crippen molar-refractivity contribution in [1.29, 1.82) is 0 Å². The number of benzene rings is 1. The molecule has 5 N–H and O–H groups in total. The topological polar surface area (TPSA) is 86.7 Å². The van der Waals surface area contributed by atoms with Gasteiger partial charge in [0.1, 0.15) is 0 Å². The number of rotatable bonds is 3. The molecular formula is C10H17NO3. The lowest BCUT2D eigenvalue weighted by atomic mass is 10.1. The molecule has 0 saturated carbocycles. The Balaban J connectivity index is 0.000000249. The number of aliphatic hydroxyl groups is 3. The zero-order valence-corrected chi connectivity index (χ0v) is 8.00. The standard InChI is InChI=1S/C6H6.C4H11NO3/c1-2-4-6-5-3-1;5-4(1-6,2-7)3-8/h1-6H;6-8H,1-3,5H2. The summed E-state index contributed by atoms with van der Waals surface area (Å²) in [5.41, 5.74) is 3.94. The van der Waals surface area contributed by atoms with Gasteiger partial charge < -0.3 is 21.1 Å². The van der Waals surface area contributed by atoms with Crippen molar-refractivity contribution in [2.24, 2.45) is 5.73 Å². The molecule has 1 aromatic carbocycles. The van der Waals surface area contributed by atoms with E-state index in [0.29, 0.717) is 0 Å². The first-order valence-corrected chi connectivity index (χ1v) is 4.30. The van der Waals surface area contributed by atoms with Gasteiger partial charge in [-0.15, -0.1) is 0 Å². The highest BCUT2D eigenvalue weighted by Crippen LogP contribution is 1.93. The van der Waals surface area contributed by atoms with Crippen LogP contribution < -0.4 is 5.73 Å². The first kappa shape index (κ1) is 13.1. The van der Waals surface area contributed by atoms with Crippen molar-refractivity contribution in [3.05, 3.63) is 36.4 Å². The SMILES string of the molecule is NC(CO)(CO)CO.c1ccccc1. The van der Waals surface area contributed by atoms with E-state index in [-0.39, 0.29) is 0 Å². The van der Waals surface area contributed by atoms with Crippen LogP contribution in [0, 0.1) is 0 Å². The van der Waals surface area contributed by atoms with Crippen LogP contribution in [-0.4, -0.2) is 40.7 Å². The van der Waals surface area contributed by atoms with Crippen molar-refractivity contribution in [3.8, 4) is 0 Å². The Morgan fingerprint density at radius 3 is 1.00 bits per heavy atom. The largest absolute Gasteiger partial charge is 0.394 e. The minimum Gasteiger partial charge on any atom is -0.394 e. The summed E-state index contributed by atoms with van der Waals surface area (Å²) in [4.78, 5) is 0. The Morgan fingerprint density at radius 2 is 0.929 bits per heavy atom. The van der Waals surface area contributed by atoms with Crippen LogP contribution in [-0.2, 0) is 0 Å². The van der Waals surface area contributed by atoms with Crippen LogP contribution in [0.2, 0.25) is 0 Å². The second-order valence-corrected chi connectivity index (χ2v) is 2.99. The van der Waals surface area contributed by atoms with Crippen LogP contribution in [0.25, 0.3) is 0 Å². The van der Waals surface area contributed by atoms with Crippen LogP contribution in [0.3, 0.4) is 0 Å². The van der Waals surface area contributed by atoms with Crippen LogP contribution in [0.5, 0.6) is 0 Å². The van der Waals surface area contributed by atoms with Crippen LogP contribution in [0.15, 0.2) is 36.4 Å². The first-order valence-electron chi connectivity index (χ1n) is 4.30. The Bertz CT molecular complexity index is 177. The van der Waals surface area contributed by atoms with E-state index in [1.807, 2.05) is 36.4 Å². The molecule has 0 fully saturated rings. The Hall–Kier alpha value is -0.940. The molecule has 0 heterocycles. The molecule has 0 aliphatic carbocycles. The quantitative estimate of drug-likeness (QED) is 0.521. The maximum Gasteiger partial charge on any atom is 0.0856 e. The summed E-state index contributed by atoms with van der Waals surface area (Å²) in [5.74, 6) is 0. The third-order valence-corrected chi connectivity index (χ3v) is 1.61. The van der Waals surface area contributed by atoms with Gasteiger partial charge in [0.25, 0.3) is 0 Å². The zero-order chi connectivity index (χ0) is 10.9. The molecule has 0 radical (unpaired) electrons. The van der Waals surface area contributed by atoms with E-state index in [0.717, 1.165) is 0 Å². The van der Waals surface area contributed by atoms with Gasteiger partial charge in [-0.25, -0.2) is 0 Å². The lowest BCUT2D eigenvalue weighted by Crippen LogP contribution is -2.50. The molecule has 14 heavy (non-hydrogen) atoms. The average Bonchev–Trinajstić information content (AvgIpc) is 2.31. The van der Waals surface area contributed by atoms with Crippen molar-refractivity contribution in [2.45, 2.75) is 5.54 Å². The average molecular weight is 199 g/mol. The minimum atomic E-state index is -1.21. The van der Waals surface area contributed by atoms with E-state index in [1.165, 1.54) is 0 Å². The normalized spacial score (nSPS) is 10.3. The Morgan fingerprint density at radius 1 is 0.714 bits per heavy atom. The molecule has 0 aliphatic heterocycles. The fourth-order valence-corrected chi connectivity index (χ4v) is 0.535. The highest BCUT2D eigenvalue weighted by molar-refractivity contribution is 4.99. The fourth-order valence-electron chi connectivity index (χ4n) is 0.535. The molecule has 0 aromatic heterocycles. The Kier molecular flexibility index (Phi) is 6.96. The molecule has 0 spiro atoms. The highest BCUT2D eigenvalue weighted by atomic mass is 16.3. The molecule has 0 amide bonds. The van der Waals surface area contributed by atoms with Gasteiger partial charge in [0.05, 0.1) is 25.4 Å². The maximum absolute atomic E-state index is 8.34. The van der Waals surface area contributed by atoms with Gasteiger partial charge in [0.2, 0.25) is 0 Å². The van der Waals surface area contributed by atoms with Gasteiger partial charge in [0.15, 0.2) is 0 Å². The smallest absolute Gasteiger partial charge is 0.0856 e. The molecule has 1 aromatic rings. The second-order valence-electron chi connectivity index (χ2n) is 2.99. The molecule has 0 bridgehead atoms. The zero-order valence-electron chi connectivity index (χ0n) is 8.00. The molecule has 0 saturated heterocycles. The number of aliphatic hydroxyl groups excluding tert-OH is 3. The summed E-state index contributed by atoms with van der Waals surface area (Å²) in [6, 6.07) is 12.0. The van der Waals surface area contributed by atoms with E-state index in [4.69, 9.17) is 21.1 Å². The van der Waals surface area contributed by atoms with Crippen LogP contribution >= 0.6 is 0 Å². The van der Waals surface area contributed by atoms with E-state index in [1.54, 1.807) is 0 Å². The first-order chi connectivity index (χ1) is 6.68. The lowest BCUT2D eigenvalue weighted by Gasteiger charge is -2.20. The van der Waals surface area contributed by atoms with Gasteiger partial charge in [-0.3, -0.25) is 0 Å². The van der Waals surface area contributed by atoms with E-state index in [9.17, 15) is 0 Å². The molecule has 1 rings (SSSR count).